The normalized spacial score (nSPS) is 37.9. The molecule has 5 rings (SSSR count). The molecule has 0 aromatic rings. The number of likely N-dealkylation sites (N-methyl/N-ethyl adjacent to an activating group) is 1. The van der Waals surface area contributed by atoms with Crippen molar-refractivity contribution in [3.63, 3.8) is 0 Å². The van der Waals surface area contributed by atoms with E-state index >= 15 is 0 Å². The van der Waals surface area contributed by atoms with Crippen LogP contribution < -0.4 is 0 Å². The molecule has 0 spiro atoms. The van der Waals surface area contributed by atoms with Gasteiger partial charge in [0.1, 0.15) is 0 Å². The van der Waals surface area contributed by atoms with Crippen LogP contribution in [0.25, 0.3) is 0 Å². The Morgan fingerprint density at radius 1 is 1.10 bits per heavy atom. The van der Waals surface area contributed by atoms with E-state index in [9.17, 15) is 10.2 Å². The molecule has 4 nitrogen and oxygen atoms in total. The molecule has 2 aliphatic heterocycles. The van der Waals surface area contributed by atoms with Crippen LogP contribution in [0.5, 0.6) is 0 Å². The molecule has 0 amide bonds. The van der Waals surface area contributed by atoms with Crippen molar-refractivity contribution >= 4 is 11.8 Å². The van der Waals surface area contributed by atoms with Crippen LogP contribution in [0.1, 0.15) is 32.1 Å². The number of rotatable bonds is 4. The first-order chi connectivity index (χ1) is 14.1. The van der Waals surface area contributed by atoms with Crippen LogP contribution in [0.15, 0.2) is 58.3 Å². The average Bonchev–Trinajstić information content (AvgIpc) is 3.06. The Bertz CT molecular complexity index is 805. The van der Waals surface area contributed by atoms with E-state index in [4.69, 9.17) is 4.74 Å². The smallest absolute Gasteiger partial charge is 0.0894 e. The second kappa shape index (κ2) is 8.10. The van der Waals surface area contributed by atoms with E-state index in [2.05, 4.69) is 36.3 Å². The molecule has 1 unspecified atom stereocenters. The van der Waals surface area contributed by atoms with Crippen LogP contribution in [0.2, 0.25) is 0 Å². The Kier molecular flexibility index (Phi) is 5.50. The van der Waals surface area contributed by atoms with E-state index in [1.807, 2.05) is 23.9 Å². The second-order valence-electron chi connectivity index (χ2n) is 9.08. The van der Waals surface area contributed by atoms with E-state index in [1.54, 1.807) is 0 Å². The lowest BCUT2D eigenvalue weighted by Crippen LogP contribution is -2.50. The number of likely N-dealkylation sites (tertiary alicyclic amines) is 1. The molecule has 5 atom stereocenters. The Labute approximate surface area is 177 Å². The summed E-state index contributed by atoms with van der Waals surface area (Å²) in [5, 5.41) is 20.4. The molecule has 0 saturated carbocycles. The average molecular weight is 414 g/mol. The van der Waals surface area contributed by atoms with Gasteiger partial charge in [-0.05, 0) is 54.9 Å². The van der Waals surface area contributed by atoms with Crippen LogP contribution in [0.4, 0.5) is 0 Å². The van der Waals surface area contributed by atoms with Crippen molar-refractivity contribution in [2.75, 3.05) is 20.1 Å². The van der Waals surface area contributed by atoms with Crippen LogP contribution >= 0.6 is 11.8 Å². The van der Waals surface area contributed by atoms with E-state index in [0.29, 0.717) is 28.9 Å². The number of aliphatic hydroxyl groups is 2. The highest BCUT2D eigenvalue weighted by Gasteiger charge is 2.41. The van der Waals surface area contributed by atoms with Gasteiger partial charge in [-0.15, -0.1) is 11.8 Å². The molecule has 3 aliphatic carbocycles. The maximum absolute atomic E-state index is 10.1. The van der Waals surface area contributed by atoms with Crippen molar-refractivity contribution in [1.82, 2.24) is 4.90 Å². The Morgan fingerprint density at radius 2 is 1.97 bits per heavy atom. The van der Waals surface area contributed by atoms with Gasteiger partial charge in [-0.2, -0.15) is 0 Å². The Morgan fingerprint density at radius 3 is 2.66 bits per heavy atom. The van der Waals surface area contributed by atoms with Crippen molar-refractivity contribution in [3.8, 4) is 0 Å². The zero-order valence-corrected chi connectivity index (χ0v) is 17.9. The molecule has 2 heterocycles. The van der Waals surface area contributed by atoms with Gasteiger partial charge in [0.05, 0.1) is 24.1 Å². The summed E-state index contributed by atoms with van der Waals surface area (Å²) < 4.78 is 6.21. The minimum Gasteiger partial charge on any atom is -0.513 e. The first-order valence-corrected chi connectivity index (χ1v) is 11.8. The Hall–Kier alpha value is -1.27. The van der Waals surface area contributed by atoms with Crippen molar-refractivity contribution < 1.29 is 14.9 Å². The molecule has 156 valence electrons. The third-order valence-electron chi connectivity index (χ3n) is 6.83. The third kappa shape index (κ3) is 4.02. The summed E-state index contributed by atoms with van der Waals surface area (Å²) in [6, 6.07) is 0. The van der Waals surface area contributed by atoms with Crippen LogP contribution in [0.3, 0.4) is 0 Å². The van der Waals surface area contributed by atoms with Crippen LogP contribution in [-0.2, 0) is 4.74 Å². The highest BCUT2D eigenvalue weighted by Crippen LogP contribution is 2.54. The van der Waals surface area contributed by atoms with Gasteiger partial charge in [0.2, 0.25) is 0 Å². The van der Waals surface area contributed by atoms with Gasteiger partial charge >= 0.3 is 0 Å². The van der Waals surface area contributed by atoms with Gasteiger partial charge in [-0.25, -0.2) is 0 Å². The van der Waals surface area contributed by atoms with E-state index in [1.165, 1.54) is 16.1 Å². The number of nitrogens with zero attached hydrogens (tertiary/aromatic N) is 1. The largest absolute Gasteiger partial charge is 0.513 e. The van der Waals surface area contributed by atoms with Crippen LogP contribution in [-0.4, -0.2) is 58.8 Å². The van der Waals surface area contributed by atoms with Crippen molar-refractivity contribution in [1.29, 1.82) is 0 Å². The molecule has 5 heteroatoms. The molecular weight excluding hydrogens is 382 g/mol. The Balaban J connectivity index is 1.37. The number of thioether (sulfide) groups is 1. The van der Waals surface area contributed by atoms with E-state index in [0.717, 1.165) is 45.2 Å². The summed E-state index contributed by atoms with van der Waals surface area (Å²) >= 11 is 1.97. The van der Waals surface area contributed by atoms with E-state index in [-0.39, 0.29) is 12.2 Å². The number of fused-ring (bicyclic) bond motifs is 1. The summed E-state index contributed by atoms with van der Waals surface area (Å²) in [6.07, 6.45) is 17.8. The zero-order chi connectivity index (χ0) is 20.0. The molecule has 5 aliphatic rings. The maximum Gasteiger partial charge on any atom is 0.0894 e. The molecule has 1 fully saturated rings. The van der Waals surface area contributed by atoms with Gasteiger partial charge in [-0.1, -0.05) is 30.4 Å². The number of ether oxygens (including phenoxy) is 1. The quantitative estimate of drug-likeness (QED) is 0.679. The molecular formula is C24H31NO3S. The highest BCUT2D eigenvalue weighted by molar-refractivity contribution is 8.04. The van der Waals surface area contributed by atoms with Crippen molar-refractivity contribution in [3.05, 3.63) is 58.3 Å². The van der Waals surface area contributed by atoms with Crippen LogP contribution in [0, 0.1) is 11.8 Å². The van der Waals surface area contributed by atoms with Gasteiger partial charge in [0.25, 0.3) is 0 Å². The lowest BCUT2D eigenvalue weighted by molar-refractivity contribution is -0.0671. The fourth-order valence-electron chi connectivity index (χ4n) is 5.23. The number of aliphatic hydroxyl groups excluding tert-OH is 2. The number of hydrogen-bond donors (Lipinski definition) is 2. The maximum atomic E-state index is 10.1. The molecule has 0 bridgehead atoms. The van der Waals surface area contributed by atoms with Gasteiger partial charge < -0.3 is 19.8 Å². The van der Waals surface area contributed by atoms with Gasteiger partial charge in [0.15, 0.2) is 0 Å². The van der Waals surface area contributed by atoms with Gasteiger partial charge in [0, 0.05) is 36.6 Å². The topological polar surface area (TPSA) is 52.9 Å². The fourth-order valence-corrected chi connectivity index (χ4v) is 6.99. The van der Waals surface area contributed by atoms with Crippen molar-refractivity contribution in [2.45, 2.75) is 55.7 Å². The van der Waals surface area contributed by atoms with E-state index < -0.39 is 0 Å². The monoisotopic (exact) mass is 413 g/mol. The molecule has 0 aromatic heterocycles. The summed E-state index contributed by atoms with van der Waals surface area (Å²) in [5.41, 5.74) is 2.83. The predicted molar refractivity (Wildman–Crippen MR) is 118 cm³/mol. The summed E-state index contributed by atoms with van der Waals surface area (Å²) in [7, 11) is 2.13. The number of allylic oxidation sites excluding steroid dienone is 7. The first kappa shape index (κ1) is 19.7. The summed E-state index contributed by atoms with van der Waals surface area (Å²) in [4.78, 5) is 3.74. The third-order valence-corrected chi connectivity index (χ3v) is 8.40. The predicted octanol–water partition coefficient (Wildman–Crippen LogP) is 4.12. The van der Waals surface area contributed by atoms with Crippen molar-refractivity contribution in [2.24, 2.45) is 11.8 Å². The summed E-state index contributed by atoms with van der Waals surface area (Å²) in [5.74, 6) is 1.40. The second-order valence-corrected chi connectivity index (χ2v) is 10.4. The molecule has 1 saturated heterocycles. The highest BCUT2D eigenvalue weighted by atomic mass is 32.2. The molecule has 0 aromatic carbocycles. The molecule has 29 heavy (non-hydrogen) atoms. The molecule has 2 N–H and O–H groups in total. The SMILES string of the molecule is CN1CC(O[C@@H]2C=CC(C3=C([C@H]4C=CC(O)CC4)S[C@H]4CC(O)=CC[C@@H]34)=CC2)C1. The minimum atomic E-state index is -0.299. The molecule has 0 radical (unpaired) electrons. The number of hydrogen-bond acceptors (Lipinski definition) is 5. The lowest BCUT2D eigenvalue weighted by atomic mass is 9.79. The summed E-state index contributed by atoms with van der Waals surface area (Å²) in [6.45, 7) is 2.07. The minimum absolute atomic E-state index is 0.186. The lowest BCUT2D eigenvalue weighted by Gasteiger charge is -2.38. The first-order valence-electron chi connectivity index (χ1n) is 10.9. The fraction of sp³-hybridized carbons (Fsp3) is 0.583. The standard InChI is InChI=1S/C24H31NO3S/c1-25-13-20(14-25)28-19-9-4-15(5-10-19)23-21-11-8-18(27)12-22(21)29-24(23)16-2-6-17(26)7-3-16/h2,4-6,8-9,16-17,19-22,26-27H,3,7,10-14H2,1H3/t16-,17?,19+,21+,22-/m0/s1. The zero-order valence-electron chi connectivity index (χ0n) is 17.0. The van der Waals surface area contributed by atoms with Gasteiger partial charge in [-0.3, -0.25) is 0 Å².